The number of hydrogen-bond acceptors (Lipinski definition) is 3. The van der Waals surface area contributed by atoms with Gasteiger partial charge in [0, 0.05) is 13.2 Å². The maximum absolute atomic E-state index is 5.52. The zero-order chi connectivity index (χ0) is 10.9. The first-order chi connectivity index (χ1) is 7.38. The average Bonchev–Trinajstić information content (AvgIpc) is 2.30. The second-order valence-electron chi connectivity index (χ2n) is 4.07. The van der Waals surface area contributed by atoms with E-state index in [1.165, 1.54) is 32.4 Å². The molecule has 0 aliphatic carbocycles. The van der Waals surface area contributed by atoms with Crippen LogP contribution in [0.25, 0.3) is 0 Å². The Bertz CT molecular complexity index is 139. The molecule has 0 aromatic rings. The fourth-order valence-electron chi connectivity index (χ4n) is 2.05. The maximum atomic E-state index is 5.52. The summed E-state index contributed by atoms with van der Waals surface area (Å²) in [5.74, 6) is 0. The quantitative estimate of drug-likeness (QED) is 0.647. The van der Waals surface area contributed by atoms with Gasteiger partial charge >= 0.3 is 0 Å². The van der Waals surface area contributed by atoms with Gasteiger partial charge in [0.25, 0.3) is 0 Å². The molecule has 0 amide bonds. The average molecular weight is 215 g/mol. The van der Waals surface area contributed by atoms with Crippen LogP contribution in [0.5, 0.6) is 0 Å². The summed E-state index contributed by atoms with van der Waals surface area (Å²) >= 11 is 0. The van der Waals surface area contributed by atoms with E-state index in [0.717, 1.165) is 26.4 Å². The molecule has 0 N–H and O–H groups in total. The lowest BCUT2D eigenvalue weighted by Gasteiger charge is -2.34. The third-order valence-corrected chi connectivity index (χ3v) is 2.94. The first-order valence-corrected chi connectivity index (χ1v) is 6.28. The van der Waals surface area contributed by atoms with Gasteiger partial charge in [0.1, 0.15) is 0 Å². The smallest absolute Gasteiger partial charge is 0.0644 e. The van der Waals surface area contributed by atoms with Gasteiger partial charge < -0.3 is 9.47 Å². The molecule has 1 aliphatic rings. The molecule has 1 saturated heterocycles. The predicted octanol–water partition coefficient (Wildman–Crippen LogP) is 1.91. The SMILES string of the molecule is CCOCC(COCC)N1CCCCC1. The fraction of sp³-hybridized carbons (Fsp3) is 1.00. The second kappa shape index (κ2) is 8.08. The third kappa shape index (κ3) is 4.96. The molecule has 0 bridgehead atoms. The van der Waals surface area contributed by atoms with Crippen LogP contribution in [-0.2, 0) is 9.47 Å². The lowest BCUT2D eigenvalue weighted by Crippen LogP contribution is -2.44. The summed E-state index contributed by atoms with van der Waals surface area (Å²) in [5, 5.41) is 0. The van der Waals surface area contributed by atoms with Gasteiger partial charge in [-0.15, -0.1) is 0 Å². The largest absolute Gasteiger partial charge is 0.380 e. The molecule has 0 aromatic heterocycles. The summed E-state index contributed by atoms with van der Waals surface area (Å²) in [5.41, 5.74) is 0. The minimum Gasteiger partial charge on any atom is -0.380 e. The zero-order valence-corrected chi connectivity index (χ0v) is 10.2. The number of nitrogens with zero attached hydrogens (tertiary/aromatic N) is 1. The summed E-state index contributed by atoms with van der Waals surface area (Å²) < 4.78 is 11.0. The number of likely N-dealkylation sites (tertiary alicyclic amines) is 1. The van der Waals surface area contributed by atoms with Gasteiger partial charge in [-0.1, -0.05) is 6.42 Å². The van der Waals surface area contributed by atoms with Crippen molar-refractivity contribution in [3.63, 3.8) is 0 Å². The molecule has 0 spiro atoms. The van der Waals surface area contributed by atoms with Crippen molar-refractivity contribution in [1.82, 2.24) is 4.90 Å². The van der Waals surface area contributed by atoms with Gasteiger partial charge in [0.2, 0.25) is 0 Å². The summed E-state index contributed by atoms with van der Waals surface area (Å²) in [7, 11) is 0. The molecule has 0 unspecified atom stereocenters. The Hall–Kier alpha value is -0.120. The van der Waals surface area contributed by atoms with E-state index in [2.05, 4.69) is 4.90 Å². The van der Waals surface area contributed by atoms with Crippen molar-refractivity contribution >= 4 is 0 Å². The van der Waals surface area contributed by atoms with E-state index in [9.17, 15) is 0 Å². The molecule has 0 aromatic carbocycles. The fourth-order valence-corrected chi connectivity index (χ4v) is 2.05. The van der Waals surface area contributed by atoms with Gasteiger partial charge in [-0.3, -0.25) is 4.90 Å². The van der Waals surface area contributed by atoms with Crippen molar-refractivity contribution in [2.45, 2.75) is 39.2 Å². The summed E-state index contributed by atoms with van der Waals surface area (Å²) in [6, 6.07) is 0.463. The first-order valence-electron chi connectivity index (χ1n) is 6.28. The van der Waals surface area contributed by atoms with Crippen LogP contribution in [0.3, 0.4) is 0 Å². The number of piperidine rings is 1. The van der Waals surface area contributed by atoms with E-state index in [1.54, 1.807) is 0 Å². The maximum Gasteiger partial charge on any atom is 0.0644 e. The van der Waals surface area contributed by atoms with Crippen molar-refractivity contribution in [3.8, 4) is 0 Å². The van der Waals surface area contributed by atoms with Crippen molar-refractivity contribution in [2.75, 3.05) is 39.5 Å². The van der Waals surface area contributed by atoms with E-state index < -0.39 is 0 Å². The molecule has 0 atom stereocenters. The molecule has 90 valence electrons. The highest BCUT2D eigenvalue weighted by Crippen LogP contribution is 2.12. The molecule has 1 rings (SSSR count). The summed E-state index contributed by atoms with van der Waals surface area (Å²) in [6.07, 6.45) is 4.04. The third-order valence-electron chi connectivity index (χ3n) is 2.94. The Balaban J connectivity index is 2.30. The van der Waals surface area contributed by atoms with Gasteiger partial charge in [-0.2, -0.15) is 0 Å². The molecule has 3 nitrogen and oxygen atoms in total. The molecule has 1 fully saturated rings. The highest BCUT2D eigenvalue weighted by atomic mass is 16.5. The van der Waals surface area contributed by atoms with Crippen LogP contribution in [-0.4, -0.2) is 50.5 Å². The molecular formula is C12H25NO2. The molecule has 0 saturated carbocycles. The van der Waals surface area contributed by atoms with Crippen molar-refractivity contribution < 1.29 is 9.47 Å². The van der Waals surface area contributed by atoms with Gasteiger partial charge in [0.05, 0.1) is 19.3 Å². The monoisotopic (exact) mass is 215 g/mol. The molecule has 1 aliphatic heterocycles. The van der Waals surface area contributed by atoms with Crippen LogP contribution in [0.1, 0.15) is 33.1 Å². The minimum absolute atomic E-state index is 0.463. The van der Waals surface area contributed by atoms with Gasteiger partial charge in [-0.25, -0.2) is 0 Å². The standard InChI is InChI=1S/C12H25NO2/c1-3-14-10-12(11-15-4-2)13-8-6-5-7-9-13/h12H,3-11H2,1-2H3. The molecule has 1 heterocycles. The van der Waals surface area contributed by atoms with Gasteiger partial charge in [0.15, 0.2) is 0 Å². The Kier molecular flexibility index (Phi) is 6.98. The number of rotatable bonds is 7. The van der Waals surface area contributed by atoms with Crippen LogP contribution in [0.4, 0.5) is 0 Å². The minimum atomic E-state index is 0.463. The molecule has 15 heavy (non-hydrogen) atoms. The zero-order valence-electron chi connectivity index (χ0n) is 10.2. The second-order valence-corrected chi connectivity index (χ2v) is 4.07. The normalized spacial score (nSPS) is 18.6. The van der Waals surface area contributed by atoms with Crippen molar-refractivity contribution in [1.29, 1.82) is 0 Å². The molecular weight excluding hydrogens is 190 g/mol. The number of ether oxygens (including phenoxy) is 2. The Labute approximate surface area is 93.7 Å². The molecule has 0 radical (unpaired) electrons. The number of hydrogen-bond donors (Lipinski definition) is 0. The Morgan fingerprint density at radius 2 is 1.47 bits per heavy atom. The highest BCUT2D eigenvalue weighted by Gasteiger charge is 2.20. The summed E-state index contributed by atoms with van der Waals surface area (Å²) in [4.78, 5) is 2.52. The topological polar surface area (TPSA) is 21.7 Å². The Morgan fingerprint density at radius 1 is 0.933 bits per heavy atom. The van der Waals surface area contributed by atoms with Crippen LogP contribution in [0.2, 0.25) is 0 Å². The van der Waals surface area contributed by atoms with Crippen LogP contribution >= 0.6 is 0 Å². The van der Waals surface area contributed by atoms with Crippen LogP contribution in [0, 0.1) is 0 Å². The van der Waals surface area contributed by atoms with Crippen molar-refractivity contribution in [2.24, 2.45) is 0 Å². The Morgan fingerprint density at radius 3 is 1.93 bits per heavy atom. The van der Waals surface area contributed by atoms with E-state index in [4.69, 9.17) is 9.47 Å². The van der Waals surface area contributed by atoms with Crippen LogP contribution < -0.4 is 0 Å². The van der Waals surface area contributed by atoms with E-state index in [0.29, 0.717) is 6.04 Å². The van der Waals surface area contributed by atoms with E-state index in [1.807, 2.05) is 13.8 Å². The van der Waals surface area contributed by atoms with E-state index in [-0.39, 0.29) is 0 Å². The van der Waals surface area contributed by atoms with E-state index >= 15 is 0 Å². The first kappa shape index (κ1) is 12.9. The predicted molar refractivity (Wildman–Crippen MR) is 62.2 cm³/mol. The van der Waals surface area contributed by atoms with Gasteiger partial charge in [-0.05, 0) is 39.8 Å². The lowest BCUT2D eigenvalue weighted by molar-refractivity contribution is 0.00400. The summed E-state index contributed by atoms with van der Waals surface area (Å²) in [6.45, 7) is 9.76. The van der Waals surface area contributed by atoms with Crippen molar-refractivity contribution in [3.05, 3.63) is 0 Å². The highest BCUT2D eigenvalue weighted by molar-refractivity contribution is 4.74. The van der Waals surface area contributed by atoms with Crippen LogP contribution in [0.15, 0.2) is 0 Å². The lowest BCUT2D eigenvalue weighted by atomic mass is 10.1. The molecule has 3 heteroatoms.